The van der Waals surface area contributed by atoms with Crippen LogP contribution in [0.25, 0.3) is 0 Å². The summed E-state index contributed by atoms with van der Waals surface area (Å²) < 4.78 is 5.46. The highest BCUT2D eigenvalue weighted by Gasteiger charge is 2.30. The van der Waals surface area contributed by atoms with Gasteiger partial charge in [0.15, 0.2) is 0 Å². The lowest BCUT2D eigenvalue weighted by Gasteiger charge is -2.38. The minimum atomic E-state index is 0.367. The Morgan fingerprint density at radius 3 is 2.74 bits per heavy atom. The second kappa shape index (κ2) is 5.25. The summed E-state index contributed by atoms with van der Waals surface area (Å²) in [4.78, 5) is 11.4. The van der Waals surface area contributed by atoms with Crippen molar-refractivity contribution in [3.05, 3.63) is 17.0 Å². The molecule has 1 aromatic rings. The van der Waals surface area contributed by atoms with E-state index < -0.39 is 0 Å². The van der Waals surface area contributed by atoms with Crippen LogP contribution in [0, 0.1) is 0 Å². The molecule has 1 aliphatic carbocycles. The van der Waals surface area contributed by atoms with Gasteiger partial charge in [0.25, 0.3) is 0 Å². The van der Waals surface area contributed by atoms with Crippen molar-refractivity contribution in [2.45, 2.75) is 50.7 Å². The van der Waals surface area contributed by atoms with Gasteiger partial charge in [0.05, 0.1) is 6.10 Å². The van der Waals surface area contributed by atoms with Crippen molar-refractivity contribution < 1.29 is 4.74 Å². The molecule has 19 heavy (non-hydrogen) atoms. The molecule has 4 nitrogen and oxygen atoms in total. The number of anilines is 1. The maximum Gasteiger partial charge on any atom is 0.135 e. The number of ether oxygens (including phenoxy) is 1. The number of piperidine rings is 1. The minimum absolute atomic E-state index is 0.367. The number of hydrogen-bond acceptors (Lipinski definition) is 4. The van der Waals surface area contributed by atoms with Gasteiger partial charge in [0.1, 0.15) is 16.8 Å². The lowest BCUT2D eigenvalue weighted by Crippen LogP contribution is -2.43. The fraction of sp³-hybridized carbons (Fsp3) is 0.714. The highest BCUT2D eigenvalue weighted by molar-refractivity contribution is 6.29. The molecule has 0 unspecified atom stereocenters. The monoisotopic (exact) mass is 281 g/mol. The SMILES string of the molecule is CO[C@@H]1CCN(c2cc(Cl)nc(C3CC3)n2)[C@H](C)C1. The number of aromatic nitrogens is 2. The summed E-state index contributed by atoms with van der Waals surface area (Å²) >= 11 is 6.14. The van der Waals surface area contributed by atoms with Crippen LogP contribution in [0.1, 0.15) is 44.3 Å². The lowest BCUT2D eigenvalue weighted by molar-refractivity contribution is 0.0719. The first-order valence-corrected chi connectivity index (χ1v) is 7.39. The third-order valence-corrected chi connectivity index (χ3v) is 4.29. The van der Waals surface area contributed by atoms with Crippen molar-refractivity contribution in [1.29, 1.82) is 0 Å². The Labute approximate surface area is 119 Å². The van der Waals surface area contributed by atoms with Gasteiger partial charge in [-0.25, -0.2) is 9.97 Å². The fourth-order valence-electron chi connectivity index (χ4n) is 2.78. The van der Waals surface area contributed by atoms with Gasteiger partial charge in [-0.15, -0.1) is 0 Å². The average molecular weight is 282 g/mol. The van der Waals surface area contributed by atoms with Gasteiger partial charge in [-0.05, 0) is 32.6 Å². The van der Waals surface area contributed by atoms with Crippen LogP contribution in [0.2, 0.25) is 5.15 Å². The van der Waals surface area contributed by atoms with E-state index in [1.807, 2.05) is 6.07 Å². The van der Waals surface area contributed by atoms with E-state index in [1.54, 1.807) is 7.11 Å². The van der Waals surface area contributed by atoms with Crippen molar-refractivity contribution >= 4 is 17.4 Å². The van der Waals surface area contributed by atoms with E-state index in [4.69, 9.17) is 21.3 Å². The first-order valence-electron chi connectivity index (χ1n) is 7.01. The molecule has 1 aromatic heterocycles. The Morgan fingerprint density at radius 2 is 2.11 bits per heavy atom. The molecular weight excluding hydrogens is 262 g/mol. The Balaban J connectivity index is 1.81. The second-order valence-electron chi connectivity index (χ2n) is 5.61. The minimum Gasteiger partial charge on any atom is -0.381 e. The molecule has 2 aliphatic rings. The molecular formula is C14H20ClN3O. The predicted molar refractivity (Wildman–Crippen MR) is 75.9 cm³/mol. The van der Waals surface area contributed by atoms with Gasteiger partial charge < -0.3 is 9.64 Å². The maximum absolute atomic E-state index is 6.14. The Hall–Kier alpha value is -0.870. The van der Waals surface area contributed by atoms with E-state index in [0.717, 1.165) is 31.0 Å². The average Bonchev–Trinajstić information content (AvgIpc) is 3.22. The Bertz CT molecular complexity index is 464. The van der Waals surface area contributed by atoms with Gasteiger partial charge in [-0.3, -0.25) is 0 Å². The summed E-state index contributed by atoms with van der Waals surface area (Å²) in [5, 5.41) is 0.563. The molecule has 0 amide bonds. The highest BCUT2D eigenvalue weighted by Crippen LogP contribution is 2.39. The number of rotatable bonds is 3. The van der Waals surface area contributed by atoms with Crippen molar-refractivity contribution in [3.8, 4) is 0 Å². The predicted octanol–water partition coefficient (Wildman–Crippen LogP) is 3.01. The van der Waals surface area contributed by atoms with Crippen LogP contribution < -0.4 is 4.90 Å². The molecule has 2 atom stereocenters. The van der Waals surface area contributed by atoms with E-state index in [1.165, 1.54) is 12.8 Å². The zero-order chi connectivity index (χ0) is 13.4. The summed E-state index contributed by atoms with van der Waals surface area (Å²) in [5.74, 6) is 2.43. The fourth-order valence-corrected chi connectivity index (χ4v) is 2.96. The third kappa shape index (κ3) is 2.84. The molecule has 2 heterocycles. The van der Waals surface area contributed by atoms with E-state index >= 15 is 0 Å². The molecule has 5 heteroatoms. The molecule has 1 saturated heterocycles. The Morgan fingerprint density at radius 1 is 1.32 bits per heavy atom. The van der Waals surface area contributed by atoms with Gasteiger partial charge in [-0.1, -0.05) is 11.6 Å². The van der Waals surface area contributed by atoms with Crippen LogP contribution in [0.5, 0.6) is 0 Å². The van der Waals surface area contributed by atoms with Crippen molar-refractivity contribution in [3.63, 3.8) is 0 Å². The van der Waals surface area contributed by atoms with Crippen molar-refractivity contribution in [2.24, 2.45) is 0 Å². The van der Waals surface area contributed by atoms with Crippen molar-refractivity contribution in [2.75, 3.05) is 18.6 Å². The topological polar surface area (TPSA) is 38.2 Å². The Kier molecular flexibility index (Phi) is 3.63. The summed E-state index contributed by atoms with van der Waals surface area (Å²) in [7, 11) is 1.79. The summed E-state index contributed by atoms with van der Waals surface area (Å²) in [6, 6.07) is 2.31. The lowest BCUT2D eigenvalue weighted by atomic mass is 10.0. The number of methoxy groups -OCH3 is 1. The molecule has 104 valence electrons. The largest absolute Gasteiger partial charge is 0.381 e. The molecule has 1 saturated carbocycles. The number of nitrogens with zero attached hydrogens (tertiary/aromatic N) is 3. The molecule has 0 bridgehead atoms. The molecule has 0 spiro atoms. The smallest absolute Gasteiger partial charge is 0.135 e. The van der Waals surface area contributed by atoms with Gasteiger partial charge in [0.2, 0.25) is 0 Å². The molecule has 1 aliphatic heterocycles. The first-order chi connectivity index (χ1) is 9.17. The second-order valence-corrected chi connectivity index (χ2v) is 5.99. The van der Waals surface area contributed by atoms with Crippen LogP contribution in [-0.2, 0) is 4.74 Å². The van der Waals surface area contributed by atoms with E-state index in [2.05, 4.69) is 16.8 Å². The summed E-state index contributed by atoms with van der Waals surface area (Å²) in [6.07, 6.45) is 4.84. The van der Waals surface area contributed by atoms with Gasteiger partial charge >= 0.3 is 0 Å². The molecule has 0 aromatic carbocycles. The quantitative estimate of drug-likeness (QED) is 0.799. The zero-order valence-corrected chi connectivity index (χ0v) is 12.2. The van der Waals surface area contributed by atoms with E-state index in [0.29, 0.717) is 23.2 Å². The number of hydrogen-bond donors (Lipinski definition) is 0. The van der Waals surface area contributed by atoms with Crippen LogP contribution in [0.3, 0.4) is 0 Å². The zero-order valence-electron chi connectivity index (χ0n) is 11.5. The third-order valence-electron chi connectivity index (χ3n) is 4.10. The molecule has 2 fully saturated rings. The summed E-state index contributed by atoms with van der Waals surface area (Å²) in [5.41, 5.74) is 0. The first kappa shape index (κ1) is 13.1. The van der Waals surface area contributed by atoms with E-state index in [9.17, 15) is 0 Å². The van der Waals surface area contributed by atoms with Gasteiger partial charge in [0, 0.05) is 31.7 Å². The van der Waals surface area contributed by atoms with Crippen molar-refractivity contribution in [1.82, 2.24) is 9.97 Å². The van der Waals surface area contributed by atoms with Crippen LogP contribution in [-0.4, -0.2) is 35.8 Å². The highest BCUT2D eigenvalue weighted by atomic mass is 35.5. The van der Waals surface area contributed by atoms with Crippen LogP contribution >= 0.6 is 11.6 Å². The van der Waals surface area contributed by atoms with Gasteiger partial charge in [-0.2, -0.15) is 0 Å². The molecule has 0 N–H and O–H groups in total. The number of halogens is 1. The van der Waals surface area contributed by atoms with E-state index in [-0.39, 0.29) is 0 Å². The maximum atomic E-state index is 6.14. The summed E-state index contributed by atoms with van der Waals surface area (Å²) in [6.45, 7) is 3.19. The molecule has 0 radical (unpaired) electrons. The molecule has 3 rings (SSSR count). The standard InChI is InChI=1S/C14H20ClN3O/c1-9-7-11(19-2)5-6-18(9)13-8-12(15)16-14(17-13)10-3-4-10/h8-11H,3-7H2,1-2H3/t9-,11-/m1/s1. The van der Waals surface area contributed by atoms with Crippen LogP contribution in [0.4, 0.5) is 5.82 Å². The van der Waals surface area contributed by atoms with Crippen LogP contribution in [0.15, 0.2) is 6.07 Å². The normalized spacial score (nSPS) is 27.6.